The number of nitrogens with zero attached hydrogens (tertiary/aromatic N) is 2. The van der Waals surface area contributed by atoms with Crippen LogP contribution in [0, 0.1) is 11.8 Å². The second kappa shape index (κ2) is 14.8. The van der Waals surface area contributed by atoms with Crippen LogP contribution in [0.25, 0.3) is 33.3 Å². The van der Waals surface area contributed by atoms with Crippen LogP contribution in [-0.2, 0) is 21.3 Å². The molecule has 2 amide bonds. The normalized spacial score (nSPS) is 13.4. The summed E-state index contributed by atoms with van der Waals surface area (Å²) < 4.78 is 70.3. The van der Waals surface area contributed by atoms with Gasteiger partial charge in [-0.05, 0) is 48.2 Å². The topological polar surface area (TPSA) is 130 Å². The van der Waals surface area contributed by atoms with Gasteiger partial charge in [-0.25, -0.2) is 9.37 Å². The minimum Gasteiger partial charge on any atom is -0.496 e. The molecule has 1 fully saturated rings. The van der Waals surface area contributed by atoms with Gasteiger partial charge in [-0.3, -0.25) is 9.59 Å². The van der Waals surface area contributed by atoms with Gasteiger partial charge in [0.1, 0.15) is 24.7 Å². The van der Waals surface area contributed by atoms with Gasteiger partial charge in [-0.2, -0.15) is 13.2 Å². The zero-order chi connectivity index (χ0) is 35.3. The molecule has 0 unspecified atom stereocenters. The van der Waals surface area contributed by atoms with E-state index in [1.54, 1.807) is 36.5 Å². The number of ether oxygens (including phenoxy) is 3. The number of pyridine rings is 1. The molecule has 10 nitrogen and oxygen atoms in total. The van der Waals surface area contributed by atoms with E-state index in [1.165, 1.54) is 19.2 Å². The molecule has 4 aromatic rings. The number of nitrogens with two attached hydrogens (primary N) is 1. The van der Waals surface area contributed by atoms with Crippen molar-refractivity contribution >= 4 is 34.2 Å². The Morgan fingerprint density at radius 1 is 1.14 bits per heavy atom. The van der Waals surface area contributed by atoms with Gasteiger partial charge in [0, 0.05) is 37.7 Å². The SMILES string of the molecule is C=C(F)C(=O)Nc1ccc(-c2c(-c3ccc(C(=O)NCC(F)(F)F)c(OC)c3)c3c(N)ncc(C#CCOC4CCOCC4)c3n2C)cc1. The number of benzene rings is 2. The first-order chi connectivity index (χ1) is 23.4. The van der Waals surface area contributed by atoms with Crippen molar-refractivity contribution in [1.82, 2.24) is 14.9 Å². The molecule has 49 heavy (non-hydrogen) atoms. The highest BCUT2D eigenvalue weighted by atomic mass is 19.4. The second-order valence-corrected chi connectivity index (χ2v) is 11.1. The Hall–Kier alpha value is -5.39. The zero-order valence-electron chi connectivity index (χ0n) is 26.7. The Balaban J connectivity index is 1.63. The molecule has 0 bridgehead atoms. The minimum absolute atomic E-state index is 0.0253. The molecule has 0 radical (unpaired) electrons. The van der Waals surface area contributed by atoms with Gasteiger partial charge in [0.15, 0.2) is 5.83 Å². The monoisotopic (exact) mass is 679 g/mol. The quantitative estimate of drug-likeness (QED) is 0.117. The Bertz CT molecular complexity index is 1960. The van der Waals surface area contributed by atoms with Crippen molar-refractivity contribution in [1.29, 1.82) is 0 Å². The molecule has 0 saturated carbocycles. The summed E-state index contributed by atoms with van der Waals surface area (Å²) in [7, 11) is 3.11. The number of halogens is 4. The number of anilines is 2. The summed E-state index contributed by atoms with van der Waals surface area (Å²) in [5.74, 6) is 3.32. The van der Waals surface area contributed by atoms with Crippen molar-refractivity contribution in [2.75, 3.05) is 44.5 Å². The summed E-state index contributed by atoms with van der Waals surface area (Å²) in [5, 5.41) is 4.81. The van der Waals surface area contributed by atoms with E-state index in [2.05, 4.69) is 28.7 Å². The van der Waals surface area contributed by atoms with Gasteiger partial charge in [-0.15, -0.1) is 0 Å². The van der Waals surface area contributed by atoms with E-state index in [0.29, 0.717) is 57.8 Å². The zero-order valence-corrected chi connectivity index (χ0v) is 26.7. The molecule has 4 N–H and O–H groups in total. The average molecular weight is 680 g/mol. The van der Waals surface area contributed by atoms with E-state index in [0.717, 1.165) is 12.8 Å². The first-order valence-electron chi connectivity index (χ1n) is 15.1. The summed E-state index contributed by atoms with van der Waals surface area (Å²) in [6.45, 7) is 2.96. The Labute approximate surface area is 279 Å². The lowest BCUT2D eigenvalue weighted by molar-refractivity contribution is -0.123. The lowest BCUT2D eigenvalue weighted by atomic mass is 9.96. The molecule has 1 aliphatic rings. The number of carbonyl (C=O) groups is 2. The predicted octanol–water partition coefficient (Wildman–Crippen LogP) is 5.76. The molecule has 1 aliphatic heterocycles. The number of carbonyl (C=O) groups excluding carboxylic acids is 2. The number of rotatable bonds is 9. The number of amides is 2. The Morgan fingerprint density at radius 3 is 2.49 bits per heavy atom. The third-order valence-corrected chi connectivity index (χ3v) is 7.87. The van der Waals surface area contributed by atoms with Gasteiger partial charge in [0.05, 0.1) is 40.9 Å². The van der Waals surface area contributed by atoms with Crippen molar-refractivity contribution in [3.05, 3.63) is 72.2 Å². The van der Waals surface area contributed by atoms with Crippen molar-refractivity contribution in [3.8, 4) is 40.0 Å². The fraction of sp³-hybridized carbons (Fsp3) is 0.286. The lowest BCUT2D eigenvalue weighted by Crippen LogP contribution is -2.33. The predicted molar refractivity (Wildman–Crippen MR) is 176 cm³/mol. The van der Waals surface area contributed by atoms with Gasteiger partial charge < -0.3 is 35.1 Å². The van der Waals surface area contributed by atoms with Crippen LogP contribution in [-0.4, -0.2) is 67.1 Å². The summed E-state index contributed by atoms with van der Waals surface area (Å²) in [4.78, 5) is 28.9. The van der Waals surface area contributed by atoms with Crippen LogP contribution in [0.2, 0.25) is 0 Å². The number of aromatic nitrogens is 2. The van der Waals surface area contributed by atoms with E-state index in [4.69, 9.17) is 19.9 Å². The number of hydrogen-bond donors (Lipinski definition) is 3. The van der Waals surface area contributed by atoms with Crippen molar-refractivity contribution in [2.45, 2.75) is 25.1 Å². The number of fused-ring (bicyclic) bond motifs is 1. The fourth-order valence-corrected chi connectivity index (χ4v) is 5.57. The fourth-order valence-electron chi connectivity index (χ4n) is 5.57. The second-order valence-electron chi connectivity index (χ2n) is 11.1. The number of methoxy groups -OCH3 is 1. The standard InChI is InChI=1S/C35H33F4N5O5/c1-20(36)33(45)43-24-9-6-21(7-10-24)30-28(22-8-11-26(27(17-22)47-3)34(46)42-19-35(37,38)39)29-31(44(30)2)23(18-41-32(29)40)5-4-14-49-25-12-15-48-16-13-25/h6-11,17-18,25H,1,12-16,19H2,2-3H3,(H2,40,41)(H,42,46)(H,43,45). The summed E-state index contributed by atoms with van der Waals surface area (Å²) in [6, 6.07) is 11.1. The first-order valence-corrected chi connectivity index (χ1v) is 15.1. The van der Waals surface area contributed by atoms with Crippen molar-refractivity contribution < 1.29 is 41.4 Å². The number of hydrogen-bond acceptors (Lipinski definition) is 7. The summed E-state index contributed by atoms with van der Waals surface area (Å²) in [6.07, 6.45) is -1.40. The molecular weight excluding hydrogens is 646 g/mol. The summed E-state index contributed by atoms with van der Waals surface area (Å²) in [5.41, 5.74) is 10.3. The molecule has 1 saturated heterocycles. The van der Waals surface area contributed by atoms with Gasteiger partial charge in [0.25, 0.3) is 11.8 Å². The van der Waals surface area contributed by atoms with E-state index < -0.39 is 30.4 Å². The number of nitrogens with one attached hydrogen (secondary N) is 2. The number of alkyl halides is 3. The average Bonchev–Trinajstić information content (AvgIpc) is 3.40. The maximum absolute atomic E-state index is 13.3. The number of aryl methyl sites for hydroxylation is 1. The van der Waals surface area contributed by atoms with E-state index >= 15 is 0 Å². The van der Waals surface area contributed by atoms with Crippen molar-refractivity contribution in [3.63, 3.8) is 0 Å². The van der Waals surface area contributed by atoms with Gasteiger partial charge >= 0.3 is 6.18 Å². The van der Waals surface area contributed by atoms with Gasteiger partial charge in [-0.1, -0.05) is 36.6 Å². The van der Waals surface area contributed by atoms with Crippen LogP contribution in [0.1, 0.15) is 28.8 Å². The molecule has 256 valence electrons. The van der Waals surface area contributed by atoms with Crippen LogP contribution in [0.3, 0.4) is 0 Å². The highest BCUT2D eigenvalue weighted by Gasteiger charge is 2.29. The maximum Gasteiger partial charge on any atom is 0.405 e. The van der Waals surface area contributed by atoms with Crippen LogP contribution >= 0.6 is 0 Å². The molecule has 0 aliphatic carbocycles. The Kier molecular flexibility index (Phi) is 10.5. The highest BCUT2D eigenvalue weighted by Crippen LogP contribution is 2.44. The lowest BCUT2D eigenvalue weighted by Gasteiger charge is -2.21. The van der Waals surface area contributed by atoms with Crippen molar-refractivity contribution in [2.24, 2.45) is 7.05 Å². The third kappa shape index (κ3) is 8.02. The minimum atomic E-state index is -4.60. The Morgan fingerprint density at radius 2 is 1.84 bits per heavy atom. The summed E-state index contributed by atoms with van der Waals surface area (Å²) >= 11 is 0. The molecule has 0 atom stereocenters. The molecular formula is C35H33F4N5O5. The molecule has 3 heterocycles. The molecule has 2 aromatic carbocycles. The van der Waals surface area contributed by atoms with Gasteiger partial charge in [0.2, 0.25) is 0 Å². The van der Waals surface area contributed by atoms with Crippen LogP contribution in [0.4, 0.5) is 29.1 Å². The van der Waals surface area contributed by atoms with E-state index in [-0.39, 0.29) is 29.8 Å². The van der Waals surface area contributed by atoms with E-state index in [1.807, 2.05) is 16.9 Å². The first kappa shape index (κ1) is 34.9. The van der Waals surface area contributed by atoms with Crippen LogP contribution in [0.15, 0.2) is 61.1 Å². The smallest absolute Gasteiger partial charge is 0.405 e. The van der Waals surface area contributed by atoms with E-state index in [9.17, 15) is 27.2 Å². The molecule has 0 spiro atoms. The maximum atomic E-state index is 13.3. The number of nitrogen functional groups attached to an aromatic ring is 1. The molecule has 14 heteroatoms. The van der Waals surface area contributed by atoms with Crippen LogP contribution < -0.4 is 21.1 Å². The highest BCUT2D eigenvalue weighted by molar-refractivity contribution is 6.11. The molecule has 2 aromatic heterocycles. The van der Waals surface area contributed by atoms with Crippen LogP contribution in [0.5, 0.6) is 5.75 Å². The molecule has 5 rings (SSSR count). The largest absolute Gasteiger partial charge is 0.496 e. The third-order valence-electron chi connectivity index (χ3n) is 7.87.